The number of carbonyl (C=O) groups is 1. The molecule has 2 N–H and O–H groups in total. The van der Waals surface area contributed by atoms with Crippen molar-refractivity contribution in [2.75, 3.05) is 13.1 Å². The maximum Gasteiger partial charge on any atom is 0.245 e. The summed E-state index contributed by atoms with van der Waals surface area (Å²) in [6.07, 6.45) is 3.36. The summed E-state index contributed by atoms with van der Waals surface area (Å²) in [5.74, 6) is 0.408. The third-order valence-electron chi connectivity index (χ3n) is 4.92. The van der Waals surface area contributed by atoms with Gasteiger partial charge in [0.05, 0.1) is 5.69 Å². The molecule has 1 aliphatic heterocycles. The lowest BCUT2D eigenvalue weighted by Gasteiger charge is -2.31. The number of rotatable bonds is 3. The van der Waals surface area contributed by atoms with Crippen molar-refractivity contribution in [3.8, 4) is 17.0 Å². The first kappa shape index (κ1) is 16.3. The van der Waals surface area contributed by atoms with Crippen molar-refractivity contribution in [2.45, 2.75) is 18.8 Å². The quantitative estimate of drug-likeness (QED) is 0.712. The molecule has 0 aliphatic carbocycles. The van der Waals surface area contributed by atoms with Crippen LogP contribution in [0.5, 0.6) is 5.75 Å². The van der Waals surface area contributed by atoms with Gasteiger partial charge in [-0.25, -0.2) is 0 Å². The van der Waals surface area contributed by atoms with Gasteiger partial charge in [0.15, 0.2) is 5.65 Å². The van der Waals surface area contributed by atoms with Crippen molar-refractivity contribution in [1.29, 1.82) is 0 Å². The van der Waals surface area contributed by atoms with Crippen LogP contribution < -0.4 is 0 Å². The van der Waals surface area contributed by atoms with Crippen molar-refractivity contribution in [2.24, 2.45) is 0 Å². The van der Waals surface area contributed by atoms with Crippen LogP contribution in [0.4, 0.5) is 0 Å². The predicted molar refractivity (Wildman–Crippen MR) is 99.7 cm³/mol. The summed E-state index contributed by atoms with van der Waals surface area (Å²) in [6.45, 7) is 5.03. The van der Waals surface area contributed by atoms with Crippen LogP contribution in [0.15, 0.2) is 49.1 Å². The lowest BCUT2D eigenvalue weighted by molar-refractivity contribution is -0.127. The summed E-state index contributed by atoms with van der Waals surface area (Å²) in [5.41, 5.74) is 3.06. The number of benzene rings is 1. The van der Waals surface area contributed by atoms with E-state index in [4.69, 9.17) is 0 Å². The largest absolute Gasteiger partial charge is 0.507 e. The molecular formula is C20H20N4O2. The van der Waals surface area contributed by atoms with Gasteiger partial charge >= 0.3 is 0 Å². The fourth-order valence-electron chi connectivity index (χ4n) is 3.56. The number of likely N-dealkylation sites (tertiary alicyclic amines) is 1. The highest BCUT2D eigenvalue weighted by molar-refractivity contribution is 5.87. The number of para-hydroxylation sites is 1. The highest BCUT2D eigenvalue weighted by Crippen LogP contribution is 2.31. The Labute approximate surface area is 151 Å². The number of nitrogens with one attached hydrogen (secondary N) is 1. The number of hydrogen-bond acceptors (Lipinski definition) is 4. The molecule has 3 aromatic rings. The molecule has 1 aliphatic rings. The number of H-pyrrole nitrogens is 1. The minimum absolute atomic E-state index is 0.0209. The van der Waals surface area contributed by atoms with E-state index in [1.807, 2.05) is 23.1 Å². The molecule has 2 aromatic heterocycles. The number of aromatic nitrogens is 3. The average molecular weight is 348 g/mol. The highest BCUT2D eigenvalue weighted by Gasteiger charge is 2.25. The summed E-state index contributed by atoms with van der Waals surface area (Å²) >= 11 is 0. The molecule has 6 heteroatoms. The van der Waals surface area contributed by atoms with Crippen LogP contribution in [0.1, 0.15) is 24.5 Å². The molecule has 4 rings (SSSR count). The lowest BCUT2D eigenvalue weighted by atomic mass is 9.94. The van der Waals surface area contributed by atoms with Gasteiger partial charge in [-0.2, -0.15) is 0 Å². The van der Waals surface area contributed by atoms with Gasteiger partial charge < -0.3 is 15.0 Å². The fourth-order valence-corrected chi connectivity index (χ4v) is 3.56. The van der Waals surface area contributed by atoms with Crippen LogP contribution in [0, 0.1) is 0 Å². The van der Waals surface area contributed by atoms with E-state index in [1.165, 1.54) is 6.08 Å². The zero-order valence-corrected chi connectivity index (χ0v) is 14.4. The van der Waals surface area contributed by atoms with Crippen LogP contribution in [-0.2, 0) is 4.79 Å². The Hall–Kier alpha value is -3.15. The van der Waals surface area contributed by atoms with Crippen LogP contribution in [0.2, 0.25) is 0 Å². The standard InChI is InChI=1S/C20H20N4O2/c1-2-19(26)24-9-5-6-13(12-24)16-10-14-11-17(22-23-20(14)21-16)15-7-3-4-8-18(15)25/h2-4,7-8,10-11,13,25H,1,5-6,9,12H2,(H,21,23)/t13-/m1/s1. The molecule has 1 atom stereocenters. The van der Waals surface area contributed by atoms with Crippen molar-refractivity contribution >= 4 is 16.9 Å². The zero-order chi connectivity index (χ0) is 18.1. The average Bonchev–Trinajstić information content (AvgIpc) is 3.11. The second-order valence-corrected chi connectivity index (χ2v) is 6.60. The number of phenols is 1. The van der Waals surface area contributed by atoms with Gasteiger partial charge in [-0.15, -0.1) is 10.2 Å². The number of carbonyl (C=O) groups excluding carboxylic acids is 1. The summed E-state index contributed by atoms with van der Waals surface area (Å²) in [7, 11) is 0. The third kappa shape index (κ3) is 2.94. The van der Waals surface area contributed by atoms with Crippen molar-refractivity contribution in [1.82, 2.24) is 20.1 Å². The molecule has 3 heterocycles. The van der Waals surface area contributed by atoms with Crippen molar-refractivity contribution in [3.05, 3.63) is 54.7 Å². The van der Waals surface area contributed by atoms with Crippen molar-refractivity contribution in [3.63, 3.8) is 0 Å². The summed E-state index contributed by atoms with van der Waals surface area (Å²) in [6, 6.07) is 11.1. The fraction of sp³-hybridized carbons (Fsp3) is 0.250. The van der Waals surface area contributed by atoms with Gasteiger partial charge in [0.1, 0.15) is 5.75 Å². The first-order valence-electron chi connectivity index (χ1n) is 8.72. The second kappa shape index (κ2) is 6.63. The number of aromatic hydroxyl groups is 1. The van der Waals surface area contributed by atoms with E-state index < -0.39 is 0 Å². The van der Waals surface area contributed by atoms with E-state index in [9.17, 15) is 9.90 Å². The number of nitrogens with zero attached hydrogens (tertiary/aromatic N) is 3. The van der Waals surface area contributed by atoms with Crippen LogP contribution >= 0.6 is 0 Å². The first-order valence-corrected chi connectivity index (χ1v) is 8.72. The maximum absolute atomic E-state index is 11.9. The number of phenolic OH excluding ortho intramolecular Hbond substituents is 1. The number of amides is 1. The van der Waals surface area contributed by atoms with Gasteiger partial charge in [-0.05, 0) is 43.2 Å². The maximum atomic E-state index is 11.9. The number of piperidine rings is 1. The smallest absolute Gasteiger partial charge is 0.245 e. The summed E-state index contributed by atoms with van der Waals surface area (Å²) in [5, 5.41) is 19.5. The Bertz CT molecular complexity index is 979. The molecule has 0 radical (unpaired) electrons. The minimum atomic E-state index is -0.0209. The van der Waals surface area contributed by atoms with Gasteiger partial charge in [0.25, 0.3) is 0 Å². The first-order chi connectivity index (χ1) is 12.7. The lowest BCUT2D eigenvalue weighted by Crippen LogP contribution is -2.38. The Morgan fingerprint density at radius 1 is 1.31 bits per heavy atom. The highest BCUT2D eigenvalue weighted by atomic mass is 16.3. The van der Waals surface area contributed by atoms with E-state index in [-0.39, 0.29) is 17.6 Å². The monoisotopic (exact) mass is 348 g/mol. The molecule has 0 unspecified atom stereocenters. The Morgan fingerprint density at radius 3 is 2.96 bits per heavy atom. The predicted octanol–water partition coefficient (Wildman–Crippen LogP) is 3.22. The van der Waals surface area contributed by atoms with Gasteiger partial charge in [0.2, 0.25) is 5.91 Å². The van der Waals surface area contributed by atoms with E-state index in [1.54, 1.807) is 12.1 Å². The third-order valence-corrected chi connectivity index (χ3v) is 4.92. The summed E-state index contributed by atoms with van der Waals surface area (Å²) < 4.78 is 0. The van der Waals surface area contributed by atoms with Crippen LogP contribution in [0.25, 0.3) is 22.3 Å². The van der Waals surface area contributed by atoms with E-state index in [0.717, 1.165) is 30.5 Å². The number of aromatic amines is 1. The molecule has 0 saturated carbocycles. The SMILES string of the molecule is C=CC(=O)N1CCC[C@@H](c2cc3cc(-c4ccccc4O)nnc3[nH]2)C1. The van der Waals surface area contributed by atoms with Crippen molar-refractivity contribution < 1.29 is 9.90 Å². The Morgan fingerprint density at radius 2 is 2.15 bits per heavy atom. The molecule has 1 amide bonds. The molecule has 1 aromatic carbocycles. The number of fused-ring (bicyclic) bond motifs is 1. The topological polar surface area (TPSA) is 82.1 Å². The summed E-state index contributed by atoms with van der Waals surface area (Å²) in [4.78, 5) is 17.1. The minimum Gasteiger partial charge on any atom is -0.507 e. The zero-order valence-electron chi connectivity index (χ0n) is 14.4. The number of hydrogen-bond donors (Lipinski definition) is 2. The molecule has 1 fully saturated rings. The molecule has 26 heavy (non-hydrogen) atoms. The van der Waals surface area contributed by atoms with E-state index in [0.29, 0.717) is 23.4 Å². The molecule has 1 saturated heterocycles. The Kier molecular flexibility index (Phi) is 4.16. The van der Waals surface area contributed by atoms with Crippen LogP contribution in [-0.4, -0.2) is 44.2 Å². The van der Waals surface area contributed by atoms with E-state index >= 15 is 0 Å². The second-order valence-electron chi connectivity index (χ2n) is 6.60. The van der Waals surface area contributed by atoms with Gasteiger partial charge in [0, 0.05) is 35.7 Å². The Balaban J connectivity index is 1.65. The normalized spacial score (nSPS) is 17.4. The molecular weight excluding hydrogens is 328 g/mol. The molecule has 0 spiro atoms. The molecule has 6 nitrogen and oxygen atoms in total. The van der Waals surface area contributed by atoms with Gasteiger partial charge in [-0.1, -0.05) is 18.7 Å². The van der Waals surface area contributed by atoms with E-state index in [2.05, 4.69) is 27.8 Å². The molecule has 0 bridgehead atoms. The van der Waals surface area contributed by atoms with Crippen LogP contribution in [0.3, 0.4) is 0 Å². The van der Waals surface area contributed by atoms with Gasteiger partial charge in [-0.3, -0.25) is 4.79 Å². The molecule has 132 valence electrons.